The third-order valence-corrected chi connectivity index (χ3v) is 3.09. The summed E-state index contributed by atoms with van der Waals surface area (Å²) >= 11 is 0. The largest absolute Gasteiger partial charge is 0.312 e. The Labute approximate surface area is 66.9 Å². The lowest BCUT2D eigenvalue weighted by Gasteiger charge is -2.32. The van der Waals surface area contributed by atoms with Crippen molar-refractivity contribution >= 4 is 0 Å². The fourth-order valence-corrected chi connectivity index (χ4v) is 2.40. The minimum absolute atomic E-state index is 0.130. The van der Waals surface area contributed by atoms with E-state index in [4.69, 9.17) is 11.6 Å². The zero-order valence-corrected chi connectivity index (χ0v) is 6.71. The molecule has 0 amide bonds. The quantitative estimate of drug-likeness (QED) is 0.335. The van der Waals surface area contributed by atoms with Crippen molar-refractivity contribution in [2.75, 3.05) is 13.1 Å². The Morgan fingerprint density at radius 1 is 1.45 bits per heavy atom. The van der Waals surface area contributed by atoms with Crippen LogP contribution in [0.5, 0.6) is 0 Å². The smallest absolute Gasteiger partial charge is 0.0859 e. The molecule has 2 atom stereocenters. The monoisotopic (exact) mass is 156 g/mol. The average Bonchev–Trinajstić information content (AvgIpc) is 2.44. The molecule has 0 aromatic carbocycles. The van der Waals surface area contributed by atoms with Gasteiger partial charge in [0.25, 0.3) is 0 Å². The molecule has 0 unspecified atom stereocenters. The standard InChI is InChI=1S/C7H16N4/c8-7-3-1-4-11(7)5-2-6(7)10-9/h6,10H,1-5,8-9H2/t6-,7+/m0/s1. The van der Waals surface area contributed by atoms with Crippen molar-refractivity contribution in [3.05, 3.63) is 0 Å². The number of nitrogens with one attached hydrogen (secondary N) is 1. The number of hydrogen-bond donors (Lipinski definition) is 3. The van der Waals surface area contributed by atoms with Gasteiger partial charge in [-0.15, -0.1) is 0 Å². The maximum atomic E-state index is 6.20. The second-order valence-corrected chi connectivity index (χ2v) is 3.59. The van der Waals surface area contributed by atoms with E-state index in [1.54, 1.807) is 0 Å². The van der Waals surface area contributed by atoms with Gasteiger partial charge in [-0.25, -0.2) is 0 Å². The second-order valence-electron chi connectivity index (χ2n) is 3.59. The Morgan fingerprint density at radius 3 is 3.00 bits per heavy atom. The van der Waals surface area contributed by atoms with Gasteiger partial charge in [0.1, 0.15) is 0 Å². The molecule has 0 radical (unpaired) electrons. The summed E-state index contributed by atoms with van der Waals surface area (Å²) in [5.74, 6) is 5.42. The Hall–Kier alpha value is -0.160. The first-order valence-electron chi connectivity index (χ1n) is 4.27. The van der Waals surface area contributed by atoms with Crippen LogP contribution < -0.4 is 17.0 Å². The molecule has 5 N–H and O–H groups in total. The summed E-state index contributed by atoms with van der Waals surface area (Å²) in [5.41, 5.74) is 8.88. The van der Waals surface area contributed by atoms with Gasteiger partial charge in [-0.1, -0.05) is 0 Å². The van der Waals surface area contributed by atoms with E-state index in [-0.39, 0.29) is 5.66 Å². The molecular weight excluding hydrogens is 140 g/mol. The highest BCUT2D eigenvalue weighted by Gasteiger charge is 2.47. The van der Waals surface area contributed by atoms with Gasteiger partial charge < -0.3 is 5.73 Å². The average molecular weight is 156 g/mol. The van der Waals surface area contributed by atoms with Crippen molar-refractivity contribution in [3.63, 3.8) is 0 Å². The molecule has 2 fully saturated rings. The minimum atomic E-state index is -0.130. The summed E-state index contributed by atoms with van der Waals surface area (Å²) in [5, 5.41) is 0. The third kappa shape index (κ3) is 0.906. The summed E-state index contributed by atoms with van der Waals surface area (Å²) < 4.78 is 0. The number of nitrogens with two attached hydrogens (primary N) is 2. The van der Waals surface area contributed by atoms with E-state index in [0.29, 0.717) is 6.04 Å². The Balaban J connectivity index is 2.16. The normalized spacial score (nSPS) is 44.7. The fraction of sp³-hybridized carbons (Fsp3) is 1.00. The molecule has 0 aliphatic carbocycles. The fourth-order valence-electron chi connectivity index (χ4n) is 2.40. The molecule has 0 bridgehead atoms. The third-order valence-electron chi connectivity index (χ3n) is 3.09. The molecule has 2 heterocycles. The lowest BCUT2D eigenvalue weighted by atomic mass is 10.0. The van der Waals surface area contributed by atoms with Crippen molar-refractivity contribution in [1.82, 2.24) is 10.3 Å². The number of rotatable bonds is 1. The molecule has 4 nitrogen and oxygen atoms in total. The molecule has 64 valence electrons. The first-order valence-corrected chi connectivity index (χ1v) is 4.27. The van der Waals surface area contributed by atoms with Crippen LogP contribution >= 0.6 is 0 Å². The maximum Gasteiger partial charge on any atom is 0.0859 e. The number of fused-ring (bicyclic) bond motifs is 1. The van der Waals surface area contributed by atoms with Crippen LogP contribution in [0.3, 0.4) is 0 Å². The van der Waals surface area contributed by atoms with E-state index in [9.17, 15) is 0 Å². The Bertz CT molecular complexity index is 161. The van der Waals surface area contributed by atoms with Crippen molar-refractivity contribution in [3.8, 4) is 0 Å². The van der Waals surface area contributed by atoms with Crippen LogP contribution in [-0.2, 0) is 0 Å². The predicted octanol–water partition coefficient (Wildman–Crippen LogP) is -1.03. The first kappa shape index (κ1) is 7.49. The molecule has 0 aromatic heterocycles. The number of nitrogens with zero attached hydrogens (tertiary/aromatic N) is 1. The van der Waals surface area contributed by atoms with E-state index in [0.717, 1.165) is 25.9 Å². The van der Waals surface area contributed by atoms with Gasteiger partial charge in [0, 0.05) is 13.1 Å². The van der Waals surface area contributed by atoms with Crippen molar-refractivity contribution in [2.24, 2.45) is 11.6 Å². The van der Waals surface area contributed by atoms with Gasteiger partial charge in [-0.3, -0.25) is 16.2 Å². The maximum absolute atomic E-state index is 6.20. The minimum Gasteiger partial charge on any atom is -0.312 e. The van der Waals surface area contributed by atoms with E-state index >= 15 is 0 Å². The van der Waals surface area contributed by atoms with Gasteiger partial charge in [0.15, 0.2) is 0 Å². The van der Waals surface area contributed by atoms with Crippen molar-refractivity contribution in [1.29, 1.82) is 0 Å². The van der Waals surface area contributed by atoms with Crippen LogP contribution in [0, 0.1) is 0 Å². The highest BCUT2D eigenvalue weighted by atomic mass is 15.4. The second kappa shape index (κ2) is 2.42. The van der Waals surface area contributed by atoms with E-state index in [1.807, 2.05) is 0 Å². The molecule has 0 spiro atoms. The van der Waals surface area contributed by atoms with Crippen molar-refractivity contribution < 1.29 is 0 Å². The van der Waals surface area contributed by atoms with Crippen LogP contribution in [-0.4, -0.2) is 29.7 Å². The molecular formula is C7H16N4. The Kier molecular flexibility index (Phi) is 1.64. The van der Waals surface area contributed by atoms with Crippen LogP contribution in [0.2, 0.25) is 0 Å². The van der Waals surface area contributed by atoms with Gasteiger partial charge in [0.2, 0.25) is 0 Å². The molecule has 2 aliphatic heterocycles. The summed E-state index contributed by atoms with van der Waals surface area (Å²) in [7, 11) is 0. The molecule has 2 aliphatic rings. The van der Waals surface area contributed by atoms with Crippen molar-refractivity contribution in [2.45, 2.75) is 31.0 Å². The summed E-state index contributed by atoms with van der Waals surface area (Å²) in [6, 6.07) is 0.296. The summed E-state index contributed by atoms with van der Waals surface area (Å²) in [6.45, 7) is 2.25. The molecule has 0 aromatic rings. The molecule has 11 heavy (non-hydrogen) atoms. The number of hydrazine groups is 1. The van der Waals surface area contributed by atoms with E-state index < -0.39 is 0 Å². The van der Waals surface area contributed by atoms with Gasteiger partial charge in [-0.2, -0.15) is 0 Å². The molecule has 2 rings (SSSR count). The van der Waals surface area contributed by atoms with E-state index in [1.165, 1.54) is 6.42 Å². The Morgan fingerprint density at radius 2 is 2.27 bits per heavy atom. The van der Waals surface area contributed by atoms with Crippen LogP contribution in [0.4, 0.5) is 0 Å². The van der Waals surface area contributed by atoms with Crippen LogP contribution in [0.15, 0.2) is 0 Å². The first-order chi connectivity index (χ1) is 5.27. The topological polar surface area (TPSA) is 67.3 Å². The zero-order valence-electron chi connectivity index (χ0n) is 6.71. The highest BCUT2D eigenvalue weighted by molar-refractivity contribution is 5.04. The lowest BCUT2D eigenvalue weighted by molar-refractivity contribution is 0.173. The van der Waals surface area contributed by atoms with Gasteiger partial charge in [0.05, 0.1) is 11.7 Å². The van der Waals surface area contributed by atoms with Crippen LogP contribution in [0.25, 0.3) is 0 Å². The lowest BCUT2D eigenvalue weighted by Crippen LogP contribution is -2.60. The summed E-state index contributed by atoms with van der Waals surface area (Å²) in [6.07, 6.45) is 3.39. The van der Waals surface area contributed by atoms with Gasteiger partial charge >= 0.3 is 0 Å². The van der Waals surface area contributed by atoms with Crippen LogP contribution in [0.1, 0.15) is 19.3 Å². The van der Waals surface area contributed by atoms with E-state index in [2.05, 4.69) is 10.3 Å². The molecule has 0 saturated carbocycles. The summed E-state index contributed by atoms with van der Waals surface area (Å²) in [4.78, 5) is 2.34. The number of hydrogen-bond acceptors (Lipinski definition) is 4. The predicted molar refractivity (Wildman–Crippen MR) is 43.5 cm³/mol. The van der Waals surface area contributed by atoms with Gasteiger partial charge in [-0.05, 0) is 19.3 Å². The molecule has 4 heteroatoms. The molecule has 2 saturated heterocycles. The highest BCUT2D eigenvalue weighted by Crippen LogP contribution is 2.33. The SMILES string of the molecule is NN[C@H]1CCN2CCC[C@]12N. The zero-order chi connectivity index (χ0) is 7.90.